The molecule has 0 amide bonds. The molecule has 1 atom stereocenters. The van der Waals surface area contributed by atoms with Crippen molar-refractivity contribution in [3.8, 4) is 0 Å². The van der Waals surface area contributed by atoms with Crippen LogP contribution in [-0.4, -0.2) is 82.3 Å². The van der Waals surface area contributed by atoms with Gasteiger partial charge >= 0.3 is 0 Å². The van der Waals surface area contributed by atoms with Crippen molar-refractivity contribution in [3.05, 3.63) is 0 Å². The molecule has 0 aromatic heterocycles. The highest BCUT2D eigenvalue weighted by molar-refractivity contribution is 8.03. The summed E-state index contributed by atoms with van der Waals surface area (Å²) >= 11 is 4.23. The Kier molecular flexibility index (Phi) is 6.83. The largest absolute Gasteiger partial charge is 0.396 e. The molecule has 3 nitrogen and oxygen atoms in total. The van der Waals surface area contributed by atoms with Gasteiger partial charge in [-0.15, -0.1) is 0 Å². The van der Waals surface area contributed by atoms with Crippen LogP contribution in [0.25, 0.3) is 0 Å². The fourth-order valence-corrected chi connectivity index (χ4v) is 5.75. The van der Waals surface area contributed by atoms with E-state index in [4.69, 9.17) is 0 Å². The van der Waals surface area contributed by atoms with Crippen molar-refractivity contribution in [2.75, 3.05) is 49.3 Å². The predicted molar refractivity (Wildman–Crippen MR) is 87.3 cm³/mol. The molecule has 5 heteroatoms. The van der Waals surface area contributed by atoms with Crippen molar-refractivity contribution < 1.29 is 5.11 Å². The minimum Gasteiger partial charge on any atom is -0.396 e. The van der Waals surface area contributed by atoms with Gasteiger partial charge in [-0.1, -0.05) is 0 Å². The van der Waals surface area contributed by atoms with Gasteiger partial charge in [0.1, 0.15) is 0 Å². The first-order chi connectivity index (χ1) is 9.22. The van der Waals surface area contributed by atoms with Gasteiger partial charge in [-0.05, 0) is 20.3 Å². The van der Waals surface area contributed by atoms with E-state index in [1.54, 1.807) is 0 Å². The third kappa shape index (κ3) is 4.53. The molecular weight excluding hydrogens is 276 g/mol. The molecule has 2 aliphatic heterocycles. The molecule has 2 heterocycles. The number of aliphatic hydroxyl groups excluding tert-OH is 1. The van der Waals surface area contributed by atoms with Gasteiger partial charge in [-0.25, -0.2) is 0 Å². The number of rotatable bonds is 4. The minimum atomic E-state index is 0.315. The van der Waals surface area contributed by atoms with Crippen LogP contribution >= 0.6 is 23.5 Å². The number of hydrogen-bond acceptors (Lipinski definition) is 5. The van der Waals surface area contributed by atoms with Crippen LogP contribution in [0, 0.1) is 0 Å². The molecule has 0 saturated carbocycles. The summed E-state index contributed by atoms with van der Waals surface area (Å²) in [6, 6.07) is 1.88. The lowest BCUT2D eigenvalue weighted by Gasteiger charge is -2.46. The van der Waals surface area contributed by atoms with Gasteiger partial charge in [0.2, 0.25) is 0 Å². The van der Waals surface area contributed by atoms with E-state index < -0.39 is 0 Å². The van der Waals surface area contributed by atoms with Crippen molar-refractivity contribution in [2.24, 2.45) is 0 Å². The number of hydrogen-bond donors (Lipinski definition) is 1. The molecule has 0 aliphatic carbocycles. The lowest BCUT2D eigenvalue weighted by Crippen LogP contribution is -2.58. The Morgan fingerprint density at radius 3 is 2.42 bits per heavy atom. The van der Waals surface area contributed by atoms with Crippen molar-refractivity contribution in [2.45, 2.75) is 38.4 Å². The zero-order valence-electron chi connectivity index (χ0n) is 12.3. The Bertz CT molecular complexity index is 258. The first-order valence-electron chi connectivity index (χ1n) is 7.48. The van der Waals surface area contributed by atoms with Gasteiger partial charge in [0.05, 0.1) is 0 Å². The molecule has 2 rings (SSSR count). The van der Waals surface area contributed by atoms with Crippen LogP contribution in [0.3, 0.4) is 0 Å². The first kappa shape index (κ1) is 16.0. The topological polar surface area (TPSA) is 26.7 Å². The molecule has 0 aromatic rings. The average molecular weight is 305 g/mol. The van der Waals surface area contributed by atoms with E-state index in [9.17, 15) is 5.11 Å². The number of nitrogens with zero attached hydrogens (tertiary/aromatic N) is 2. The lowest BCUT2D eigenvalue weighted by molar-refractivity contribution is 0.0268. The summed E-state index contributed by atoms with van der Waals surface area (Å²) < 4.78 is 0. The summed E-state index contributed by atoms with van der Waals surface area (Å²) in [5.74, 6) is 5.21. The molecule has 0 aromatic carbocycles. The van der Waals surface area contributed by atoms with Gasteiger partial charge in [-0.2, -0.15) is 23.5 Å². The molecule has 1 N–H and O–H groups in total. The summed E-state index contributed by atoms with van der Waals surface area (Å²) in [5, 5.41) is 9.31. The van der Waals surface area contributed by atoms with E-state index in [0.717, 1.165) is 25.6 Å². The van der Waals surface area contributed by atoms with Crippen molar-refractivity contribution in [1.29, 1.82) is 0 Å². The van der Waals surface area contributed by atoms with Gasteiger partial charge < -0.3 is 5.11 Å². The van der Waals surface area contributed by atoms with Gasteiger partial charge in [-0.3, -0.25) is 9.80 Å². The molecule has 2 fully saturated rings. The van der Waals surface area contributed by atoms with Gasteiger partial charge in [0.15, 0.2) is 0 Å². The maximum absolute atomic E-state index is 9.31. The standard InChI is InChI=1S/C14H28N2OS2/c1-12(2)16-5-4-15(9-13(16)3-6-17)14-10-18-7-8-19-11-14/h12-14,17H,3-11H2,1-2H3/t13-/m0/s1. The zero-order chi connectivity index (χ0) is 13.7. The van der Waals surface area contributed by atoms with E-state index in [1.807, 2.05) is 0 Å². The van der Waals surface area contributed by atoms with Crippen LogP contribution in [0.5, 0.6) is 0 Å². The molecule has 0 spiro atoms. The Hall–Kier alpha value is 0.580. The molecule has 0 bridgehead atoms. The maximum Gasteiger partial charge on any atom is 0.0446 e. The highest BCUT2D eigenvalue weighted by atomic mass is 32.2. The second-order valence-corrected chi connectivity index (χ2v) is 8.10. The molecule has 2 saturated heterocycles. The van der Waals surface area contributed by atoms with Gasteiger partial charge in [0.25, 0.3) is 0 Å². The lowest BCUT2D eigenvalue weighted by atomic mass is 10.1. The average Bonchev–Trinajstić information content (AvgIpc) is 2.67. The smallest absolute Gasteiger partial charge is 0.0446 e. The van der Waals surface area contributed by atoms with Crippen LogP contribution in [-0.2, 0) is 0 Å². The summed E-state index contributed by atoms with van der Waals surface area (Å²) in [4.78, 5) is 5.26. The third-order valence-corrected chi connectivity index (χ3v) is 6.68. The molecule has 19 heavy (non-hydrogen) atoms. The Morgan fingerprint density at radius 1 is 1.16 bits per heavy atom. The fourth-order valence-electron chi connectivity index (χ4n) is 3.13. The maximum atomic E-state index is 9.31. The summed E-state index contributed by atoms with van der Waals surface area (Å²) in [5.41, 5.74) is 0. The third-order valence-electron chi connectivity index (χ3n) is 4.19. The van der Waals surface area contributed by atoms with E-state index in [-0.39, 0.29) is 0 Å². The fraction of sp³-hybridized carbons (Fsp3) is 1.00. The van der Waals surface area contributed by atoms with Gasteiger partial charge in [0, 0.05) is 67.4 Å². The second kappa shape index (κ2) is 8.13. The van der Waals surface area contributed by atoms with Crippen LogP contribution in [0.4, 0.5) is 0 Å². The quantitative estimate of drug-likeness (QED) is 0.851. The summed E-state index contributed by atoms with van der Waals surface area (Å²) in [6.07, 6.45) is 0.918. The number of thioether (sulfide) groups is 2. The van der Waals surface area contributed by atoms with E-state index in [0.29, 0.717) is 18.7 Å². The summed E-state index contributed by atoms with van der Waals surface area (Å²) in [6.45, 7) is 8.37. The van der Waals surface area contributed by atoms with E-state index in [2.05, 4.69) is 47.2 Å². The molecule has 0 unspecified atom stereocenters. The Labute approximate surface area is 126 Å². The second-order valence-electron chi connectivity index (χ2n) is 5.80. The SMILES string of the molecule is CC(C)N1CCN(C2CSCCSC2)C[C@@H]1CCO. The van der Waals surface area contributed by atoms with Crippen LogP contribution in [0.2, 0.25) is 0 Å². The molecule has 112 valence electrons. The van der Waals surface area contributed by atoms with Crippen molar-refractivity contribution in [3.63, 3.8) is 0 Å². The number of aliphatic hydroxyl groups is 1. The molecule has 2 aliphatic rings. The highest BCUT2D eigenvalue weighted by Crippen LogP contribution is 2.24. The Balaban J connectivity index is 1.93. The molecule has 0 radical (unpaired) electrons. The number of piperazine rings is 1. The zero-order valence-corrected chi connectivity index (χ0v) is 13.9. The van der Waals surface area contributed by atoms with Crippen molar-refractivity contribution in [1.82, 2.24) is 9.80 Å². The highest BCUT2D eigenvalue weighted by Gasteiger charge is 2.31. The predicted octanol–water partition coefficient (Wildman–Crippen LogP) is 1.61. The van der Waals surface area contributed by atoms with Crippen LogP contribution < -0.4 is 0 Å². The Morgan fingerprint density at radius 2 is 1.84 bits per heavy atom. The van der Waals surface area contributed by atoms with Crippen molar-refractivity contribution >= 4 is 23.5 Å². The minimum absolute atomic E-state index is 0.315. The monoisotopic (exact) mass is 304 g/mol. The first-order valence-corrected chi connectivity index (χ1v) is 9.79. The summed E-state index contributed by atoms with van der Waals surface area (Å²) in [7, 11) is 0. The van der Waals surface area contributed by atoms with Crippen LogP contribution in [0.15, 0.2) is 0 Å². The van der Waals surface area contributed by atoms with E-state index in [1.165, 1.54) is 29.6 Å². The molecular formula is C14H28N2OS2. The van der Waals surface area contributed by atoms with E-state index >= 15 is 0 Å². The normalized spacial score (nSPS) is 28.7. The van der Waals surface area contributed by atoms with Crippen LogP contribution in [0.1, 0.15) is 20.3 Å².